The summed E-state index contributed by atoms with van der Waals surface area (Å²) >= 11 is 0. The number of piperidine rings is 1. The van der Waals surface area contributed by atoms with E-state index in [2.05, 4.69) is 4.90 Å². The van der Waals surface area contributed by atoms with Crippen LogP contribution in [0.5, 0.6) is 0 Å². The molecule has 19 heavy (non-hydrogen) atoms. The van der Waals surface area contributed by atoms with Gasteiger partial charge in [-0.3, -0.25) is 0 Å². The fraction of sp³-hybridized carbons (Fsp3) is 0.571. The molecule has 0 saturated carbocycles. The van der Waals surface area contributed by atoms with Crippen LogP contribution in [0.3, 0.4) is 0 Å². The molecular weight excluding hydrogens is 260 g/mol. The van der Waals surface area contributed by atoms with Gasteiger partial charge >= 0.3 is 0 Å². The maximum atomic E-state index is 12.4. The summed E-state index contributed by atoms with van der Waals surface area (Å²) in [6.45, 7) is 3.88. The van der Waals surface area contributed by atoms with Crippen LogP contribution in [0, 0.1) is 6.92 Å². The lowest BCUT2D eigenvalue weighted by Gasteiger charge is -2.32. The molecule has 1 aliphatic heterocycles. The van der Waals surface area contributed by atoms with Crippen LogP contribution in [-0.4, -0.2) is 39.9 Å². The SMILES string of the molecule is Cc1cccc(S(=O)(=O)N(C)C)c1N1CCCCC1. The van der Waals surface area contributed by atoms with Crippen molar-refractivity contribution in [1.29, 1.82) is 0 Å². The van der Waals surface area contributed by atoms with Crippen molar-refractivity contribution in [1.82, 2.24) is 4.31 Å². The third-order valence-corrected chi connectivity index (χ3v) is 5.48. The number of anilines is 1. The van der Waals surface area contributed by atoms with Crippen LogP contribution in [0.2, 0.25) is 0 Å². The smallest absolute Gasteiger partial charge is 0.244 e. The van der Waals surface area contributed by atoms with Gasteiger partial charge in [0.05, 0.1) is 5.69 Å². The molecule has 0 N–H and O–H groups in total. The summed E-state index contributed by atoms with van der Waals surface area (Å²) in [7, 11) is -0.226. The van der Waals surface area contributed by atoms with Crippen molar-refractivity contribution in [2.24, 2.45) is 0 Å². The number of hydrogen-bond donors (Lipinski definition) is 0. The molecule has 1 saturated heterocycles. The van der Waals surface area contributed by atoms with Crippen molar-refractivity contribution < 1.29 is 8.42 Å². The van der Waals surface area contributed by atoms with E-state index in [0.717, 1.165) is 37.2 Å². The van der Waals surface area contributed by atoms with Crippen LogP contribution in [-0.2, 0) is 10.0 Å². The average Bonchev–Trinajstić information content (AvgIpc) is 2.39. The predicted molar refractivity (Wildman–Crippen MR) is 78.1 cm³/mol. The van der Waals surface area contributed by atoms with Crippen molar-refractivity contribution in [3.63, 3.8) is 0 Å². The van der Waals surface area contributed by atoms with Gasteiger partial charge in [0.25, 0.3) is 0 Å². The first kappa shape index (κ1) is 14.3. The van der Waals surface area contributed by atoms with Gasteiger partial charge in [-0.1, -0.05) is 12.1 Å². The van der Waals surface area contributed by atoms with Crippen molar-refractivity contribution in [3.8, 4) is 0 Å². The van der Waals surface area contributed by atoms with Crippen molar-refractivity contribution in [3.05, 3.63) is 23.8 Å². The first-order valence-corrected chi connectivity index (χ1v) is 8.15. The molecule has 0 bridgehead atoms. The van der Waals surface area contributed by atoms with Gasteiger partial charge in [-0.05, 0) is 37.8 Å². The minimum absolute atomic E-state index is 0.430. The molecule has 1 fully saturated rings. The maximum absolute atomic E-state index is 12.4. The van der Waals surface area contributed by atoms with E-state index in [1.54, 1.807) is 20.2 Å². The first-order valence-electron chi connectivity index (χ1n) is 6.71. The summed E-state index contributed by atoms with van der Waals surface area (Å²) in [5, 5.41) is 0. The van der Waals surface area contributed by atoms with Gasteiger partial charge in [0.2, 0.25) is 10.0 Å². The molecule has 1 aliphatic rings. The third kappa shape index (κ3) is 2.77. The Morgan fingerprint density at radius 2 is 1.74 bits per heavy atom. The van der Waals surface area contributed by atoms with Crippen LogP contribution in [0.1, 0.15) is 24.8 Å². The lowest BCUT2D eigenvalue weighted by Crippen LogP contribution is -2.33. The molecule has 0 aliphatic carbocycles. The van der Waals surface area contributed by atoms with Gasteiger partial charge in [-0.25, -0.2) is 12.7 Å². The maximum Gasteiger partial charge on any atom is 0.244 e. The quantitative estimate of drug-likeness (QED) is 0.853. The molecule has 0 radical (unpaired) electrons. The lowest BCUT2D eigenvalue weighted by atomic mass is 10.1. The van der Waals surface area contributed by atoms with Gasteiger partial charge in [-0.2, -0.15) is 0 Å². The number of para-hydroxylation sites is 1. The molecule has 0 unspecified atom stereocenters. The summed E-state index contributed by atoms with van der Waals surface area (Å²) in [6, 6.07) is 5.52. The number of benzene rings is 1. The lowest BCUT2D eigenvalue weighted by molar-refractivity contribution is 0.518. The summed E-state index contributed by atoms with van der Waals surface area (Å²) in [4.78, 5) is 2.65. The second-order valence-electron chi connectivity index (χ2n) is 5.26. The molecule has 0 aromatic heterocycles. The molecule has 1 heterocycles. The van der Waals surface area contributed by atoms with Gasteiger partial charge in [0, 0.05) is 27.2 Å². The fourth-order valence-corrected chi connectivity index (χ4v) is 3.74. The zero-order valence-electron chi connectivity index (χ0n) is 11.9. The molecule has 0 spiro atoms. The Kier molecular flexibility index (Phi) is 4.16. The summed E-state index contributed by atoms with van der Waals surface area (Å²) in [5.41, 5.74) is 1.92. The highest BCUT2D eigenvalue weighted by molar-refractivity contribution is 7.89. The summed E-state index contributed by atoms with van der Waals surface area (Å²) < 4.78 is 26.2. The fourth-order valence-electron chi connectivity index (χ4n) is 2.56. The zero-order chi connectivity index (χ0) is 14.0. The molecule has 4 nitrogen and oxygen atoms in total. The monoisotopic (exact) mass is 282 g/mol. The van der Waals surface area contributed by atoms with Crippen LogP contribution in [0.25, 0.3) is 0 Å². The van der Waals surface area contributed by atoms with E-state index in [-0.39, 0.29) is 0 Å². The van der Waals surface area contributed by atoms with E-state index in [0.29, 0.717) is 4.90 Å². The van der Waals surface area contributed by atoms with Crippen molar-refractivity contribution in [2.45, 2.75) is 31.1 Å². The van der Waals surface area contributed by atoms with Gasteiger partial charge in [0.15, 0.2) is 0 Å². The van der Waals surface area contributed by atoms with Crippen LogP contribution in [0.4, 0.5) is 5.69 Å². The average molecular weight is 282 g/mol. The number of sulfonamides is 1. The van der Waals surface area contributed by atoms with Crippen molar-refractivity contribution >= 4 is 15.7 Å². The van der Waals surface area contributed by atoms with Gasteiger partial charge in [-0.15, -0.1) is 0 Å². The van der Waals surface area contributed by atoms with E-state index in [4.69, 9.17) is 0 Å². The normalized spacial score (nSPS) is 16.9. The summed E-state index contributed by atoms with van der Waals surface area (Å²) in [6.07, 6.45) is 3.50. The standard InChI is InChI=1S/C14H22N2O2S/c1-12-8-7-9-13(19(17,18)15(2)3)14(12)16-10-5-4-6-11-16/h7-9H,4-6,10-11H2,1-3H3. The Bertz CT molecular complexity index is 547. The van der Waals surface area contributed by atoms with E-state index in [1.807, 2.05) is 19.1 Å². The predicted octanol–water partition coefficient (Wildman–Crippen LogP) is 2.24. The van der Waals surface area contributed by atoms with Gasteiger partial charge in [0.1, 0.15) is 4.90 Å². The molecular formula is C14H22N2O2S. The van der Waals surface area contributed by atoms with E-state index in [9.17, 15) is 8.42 Å². The van der Waals surface area contributed by atoms with E-state index in [1.165, 1.54) is 10.7 Å². The second-order valence-corrected chi connectivity index (χ2v) is 7.38. The molecule has 0 atom stereocenters. The zero-order valence-corrected chi connectivity index (χ0v) is 12.7. The largest absolute Gasteiger partial charge is 0.370 e. The molecule has 106 valence electrons. The highest BCUT2D eigenvalue weighted by atomic mass is 32.2. The molecule has 5 heteroatoms. The number of aryl methyl sites for hydroxylation is 1. The third-order valence-electron chi connectivity index (χ3n) is 3.63. The highest BCUT2D eigenvalue weighted by Crippen LogP contribution is 2.32. The number of nitrogens with zero attached hydrogens (tertiary/aromatic N) is 2. The van der Waals surface area contributed by atoms with Crippen LogP contribution in [0.15, 0.2) is 23.1 Å². The van der Waals surface area contributed by atoms with Crippen LogP contribution >= 0.6 is 0 Å². The molecule has 1 aromatic carbocycles. The molecule has 1 aromatic rings. The van der Waals surface area contributed by atoms with Crippen molar-refractivity contribution in [2.75, 3.05) is 32.1 Å². The molecule has 2 rings (SSSR count). The second kappa shape index (κ2) is 5.51. The minimum atomic E-state index is -3.39. The van der Waals surface area contributed by atoms with E-state index >= 15 is 0 Å². The Labute approximate surface area is 116 Å². The highest BCUT2D eigenvalue weighted by Gasteiger charge is 2.25. The molecule has 0 amide bonds. The van der Waals surface area contributed by atoms with Crippen LogP contribution < -0.4 is 4.90 Å². The Morgan fingerprint density at radius 3 is 2.32 bits per heavy atom. The Hall–Kier alpha value is -1.07. The number of hydrogen-bond acceptors (Lipinski definition) is 3. The van der Waals surface area contributed by atoms with E-state index < -0.39 is 10.0 Å². The minimum Gasteiger partial charge on any atom is -0.370 e. The van der Waals surface area contributed by atoms with Gasteiger partial charge < -0.3 is 4.90 Å². The topological polar surface area (TPSA) is 40.6 Å². The summed E-state index contributed by atoms with van der Waals surface area (Å²) in [5.74, 6) is 0. The Morgan fingerprint density at radius 1 is 1.11 bits per heavy atom. The number of rotatable bonds is 3. The Balaban J connectivity index is 2.53. The first-order chi connectivity index (χ1) is 8.94.